The molecule has 1 N–H and O–H groups in total. The van der Waals surface area contributed by atoms with Gasteiger partial charge in [0.25, 0.3) is 0 Å². The SMILES string of the molecule is COC(=O)C1=C(Nc2ccc(Cl)cc2)CC(c2ccccc2)N(c2ccc(Cl)cc2)C1c1ccccc1. The average Bonchev–Trinajstić information content (AvgIpc) is 2.94. The number of nitrogens with one attached hydrogen (secondary N) is 1. The molecular weight excluding hydrogens is 503 g/mol. The first-order valence-electron chi connectivity index (χ1n) is 12.0. The average molecular weight is 529 g/mol. The standard InChI is InChI=1S/C31H26Cl2N2O2/c1-37-31(36)29-27(34-25-16-12-23(32)13-17-25)20-28(21-8-4-2-5-9-21)35(26-18-14-24(33)15-19-26)30(29)22-10-6-3-7-11-22/h2-19,28,30,34H,20H2,1H3. The molecule has 5 rings (SSSR count). The van der Waals surface area contributed by atoms with Gasteiger partial charge in [-0.2, -0.15) is 0 Å². The Morgan fingerprint density at radius 2 is 1.32 bits per heavy atom. The van der Waals surface area contributed by atoms with Crippen molar-refractivity contribution < 1.29 is 9.53 Å². The lowest BCUT2D eigenvalue weighted by molar-refractivity contribution is -0.136. The Morgan fingerprint density at radius 1 is 0.784 bits per heavy atom. The molecule has 0 bridgehead atoms. The van der Waals surface area contributed by atoms with Crippen LogP contribution in [0.5, 0.6) is 0 Å². The van der Waals surface area contributed by atoms with E-state index in [0.717, 1.165) is 28.2 Å². The number of rotatable bonds is 6. The van der Waals surface area contributed by atoms with Crippen molar-refractivity contribution in [3.05, 3.63) is 142 Å². The fourth-order valence-electron chi connectivity index (χ4n) is 4.91. The molecule has 4 nitrogen and oxygen atoms in total. The second kappa shape index (κ2) is 11.1. The van der Waals surface area contributed by atoms with Crippen LogP contribution in [0.25, 0.3) is 0 Å². The molecule has 0 saturated carbocycles. The van der Waals surface area contributed by atoms with Crippen LogP contribution in [0.15, 0.2) is 120 Å². The van der Waals surface area contributed by atoms with Crippen LogP contribution in [-0.4, -0.2) is 13.1 Å². The van der Waals surface area contributed by atoms with Crippen molar-refractivity contribution in [2.24, 2.45) is 0 Å². The Kier molecular flexibility index (Phi) is 7.50. The molecule has 0 fully saturated rings. The predicted molar refractivity (Wildman–Crippen MR) is 151 cm³/mol. The van der Waals surface area contributed by atoms with E-state index >= 15 is 0 Å². The molecule has 2 atom stereocenters. The first kappa shape index (κ1) is 24.9. The monoisotopic (exact) mass is 528 g/mol. The van der Waals surface area contributed by atoms with Crippen molar-refractivity contribution in [2.75, 3.05) is 17.3 Å². The van der Waals surface area contributed by atoms with Gasteiger partial charge in [-0.25, -0.2) is 4.79 Å². The molecule has 186 valence electrons. The molecule has 4 aromatic carbocycles. The van der Waals surface area contributed by atoms with Crippen LogP contribution >= 0.6 is 23.2 Å². The fourth-order valence-corrected chi connectivity index (χ4v) is 5.17. The number of halogens is 2. The molecule has 6 heteroatoms. The minimum absolute atomic E-state index is 0.0733. The number of ether oxygens (including phenoxy) is 1. The third-order valence-electron chi connectivity index (χ3n) is 6.58. The lowest BCUT2D eigenvalue weighted by Gasteiger charge is -2.45. The van der Waals surface area contributed by atoms with Crippen molar-refractivity contribution in [1.82, 2.24) is 0 Å². The van der Waals surface area contributed by atoms with Crippen LogP contribution in [0, 0.1) is 0 Å². The molecule has 1 heterocycles. The molecular formula is C31H26Cl2N2O2. The van der Waals surface area contributed by atoms with Gasteiger partial charge >= 0.3 is 5.97 Å². The van der Waals surface area contributed by atoms with Crippen molar-refractivity contribution >= 4 is 40.5 Å². The van der Waals surface area contributed by atoms with Crippen LogP contribution < -0.4 is 10.2 Å². The first-order chi connectivity index (χ1) is 18.0. The van der Waals surface area contributed by atoms with Gasteiger partial charge in [0.05, 0.1) is 24.8 Å². The summed E-state index contributed by atoms with van der Waals surface area (Å²) in [6, 6.07) is 35.1. The maximum absolute atomic E-state index is 13.5. The summed E-state index contributed by atoms with van der Waals surface area (Å²) in [4.78, 5) is 15.8. The second-order valence-corrected chi connectivity index (χ2v) is 9.72. The van der Waals surface area contributed by atoms with E-state index < -0.39 is 6.04 Å². The van der Waals surface area contributed by atoms with Gasteiger partial charge in [0.1, 0.15) is 0 Å². The molecule has 0 radical (unpaired) electrons. The molecule has 0 amide bonds. The summed E-state index contributed by atoms with van der Waals surface area (Å²) < 4.78 is 5.37. The van der Waals surface area contributed by atoms with Gasteiger partial charge in [0.2, 0.25) is 0 Å². The van der Waals surface area contributed by atoms with Crippen LogP contribution in [0.4, 0.5) is 11.4 Å². The number of benzene rings is 4. The molecule has 1 aliphatic rings. The van der Waals surface area contributed by atoms with E-state index in [1.165, 1.54) is 7.11 Å². The van der Waals surface area contributed by atoms with Gasteiger partial charge in [-0.3, -0.25) is 0 Å². The molecule has 0 saturated heterocycles. The quantitative estimate of drug-likeness (QED) is 0.256. The zero-order valence-electron chi connectivity index (χ0n) is 20.3. The lowest BCUT2D eigenvalue weighted by Crippen LogP contribution is -2.41. The Bertz CT molecular complexity index is 1390. The summed E-state index contributed by atoms with van der Waals surface area (Å²) in [5.74, 6) is -0.379. The van der Waals surface area contributed by atoms with Crippen molar-refractivity contribution in [1.29, 1.82) is 0 Å². The Morgan fingerprint density at radius 3 is 1.89 bits per heavy atom. The highest BCUT2D eigenvalue weighted by atomic mass is 35.5. The normalized spacial score (nSPS) is 17.4. The second-order valence-electron chi connectivity index (χ2n) is 8.84. The van der Waals surface area contributed by atoms with Gasteiger partial charge in [0, 0.05) is 33.5 Å². The number of esters is 1. The zero-order chi connectivity index (χ0) is 25.8. The van der Waals surface area contributed by atoms with Gasteiger partial charge < -0.3 is 15.0 Å². The summed E-state index contributed by atoms with van der Waals surface area (Å²) >= 11 is 12.4. The Balaban J connectivity index is 1.75. The number of carbonyl (C=O) groups excluding carboxylic acids is 1. The maximum Gasteiger partial charge on any atom is 0.337 e. The predicted octanol–water partition coefficient (Wildman–Crippen LogP) is 8.23. The molecule has 37 heavy (non-hydrogen) atoms. The van der Waals surface area contributed by atoms with Crippen molar-refractivity contribution in [2.45, 2.75) is 18.5 Å². The van der Waals surface area contributed by atoms with Gasteiger partial charge in [-0.1, -0.05) is 83.9 Å². The number of carbonyl (C=O) groups is 1. The van der Waals surface area contributed by atoms with E-state index in [1.54, 1.807) is 0 Å². The highest BCUT2D eigenvalue weighted by Gasteiger charge is 2.41. The number of hydrogen-bond acceptors (Lipinski definition) is 4. The van der Waals surface area contributed by atoms with E-state index in [4.69, 9.17) is 27.9 Å². The minimum atomic E-state index is -0.413. The summed E-state index contributed by atoms with van der Waals surface area (Å²) in [6.45, 7) is 0. The topological polar surface area (TPSA) is 41.6 Å². The van der Waals surface area contributed by atoms with Gasteiger partial charge in [-0.15, -0.1) is 0 Å². The first-order valence-corrected chi connectivity index (χ1v) is 12.8. The molecule has 0 aromatic heterocycles. The molecule has 1 aliphatic heterocycles. The van der Waals surface area contributed by atoms with Crippen LogP contribution in [0.3, 0.4) is 0 Å². The number of methoxy groups -OCH3 is 1. The fraction of sp³-hybridized carbons (Fsp3) is 0.129. The summed E-state index contributed by atoms with van der Waals surface area (Å²) in [7, 11) is 1.42. The zero-order valence-corrected chi connectivity index (χ0v) is 21.8. The van der Waals surface area contributed by atoms with E-state index in [-0.39, 0.29) is 12.0 Å². The summed E-state index contributed by atoms with van der Waals surface area (Å²) in [5.41, 5.74) is 5.29. The molecule has 0 spiro atoms. The van der Waals surface area contributed by atoms with E-state index in [1.807, 2.05) is 97.1 Å². The van der Waals surface area contributed by atoms with Crippen LogP contribution in [-0.2, 0) is 9.53 Å². The minimum Gasteiger partial charge on any atom is -0.466 e. The maximum atomic E-state index is 13.5. The van der Waals surface area contributed by atoms with Gasteiger partial charge in [-0.05, 0) is 59.7 Å². The summed E-state index contributed by atoms with van der Waals surface area (Å²) in [6.07, 6.45) is 0.559. The highest BCUT2D eigenvalue weighted by Crippen LogP contribution is 2.48. The smallest absolute Gasteiger partial charge is 0.337 e. The van der Waals surface area contributed by atoms with Crippen molar-refractivity contribution in [3.63, 3.8) is 0 Å². The Labute approximate surface area is 227 Å². The lowest BCUT2D eigenvalue weighted by atomic mass is 9.84. The van der Waals surface area contributed by atoms with E-state index in [9.17, 15) is 4.79 Å². The number of nitrogens with zero attached hydrogens (tertiary/aromatic N) is 1. The summed E-state index contributed by atoms with van der Waals surface area (Å²) in [5, 5.41) is 4.83. The Hall–Kier alpha value is -3.73. The van der Waals surface area contributed by atoms with Crippen molar-refractivity contribution in [3.8, 4) is 0 Å². The largest absolute Gasteiger partial charge is 0.466 e. The molecule has 4 aromatic rings. The number of anilines is 2. The van der Waals surface area contributed by atoms with E-state index in [0.29, 0.717) is 22.0 Å². The van der Waals surface area contributed by atoms with Gasteiger partial charge in [0.15, 0.2) is 0 Å². The third kappa shape index (κ3) is 5.36. The van der Waals surface area contributed by atoms with Crippen LogP contribution in [0.2, 0.25) is 10.0 Å². The number of hydrogen-bond donors (Lipinski definition) is 1. The molecule has 2 unspecified atom stereocenters. The third-order valence-corrected chi connectivity index (χ3v) is 7.08. The highest BCUT2D eigenvalue weighted by molar-refractivity contribution is 6.30. The molecule has 0 aliphatic carbocycles. The van der Waals surface area contributed by atoms with Crippen LogP contribution in [0.1, 0.15) is 29.6 Å². The van der Waals surface area contributed by atoms with E-state index in [2.05, 4.69) is 22.3 Å².